The van der Waals surface area contributed by atoms with Crippen molar-refractivity contribution in [3.05, 3.63) is 30.1 Å². The minimum atomic E-state index is -4.83. The van der Waals surface area contributed by atoms with Crippen LogP contribution in [0.4, 0.5) is 13.2 Å². The molecule has 0 unspecified atom stereocenters. The summed E-state index contributed by atoms with van der Waals surface area (Å²) in [5.41, 5.74) is 4.66. The van der Waals surface area contributed by atoms with Crippen LogP contribution in [-0.2, 0) is 9.84 Å². The summed E-state index contributed by atoms with van der Waals surface area (Å²) >= 11 is 0. The maximum absolute atomic E-state index is 12.9. The third-order valence-corrected chi connectivity index (χ3v) is 3.60. The highest BCUT2D eigenvalue weighted by atomic mass is 35.5. The molecule has 16 heavy (non-hydrogen) atoms. The first kappa shape index (κ1) is 15.2. The fourth-order valence-corrected chi connectivity index (χ4v) is 1.95. The Balaban J connectivity index is 0.00000225. The highest BCUT2D eigenvalue weighted by Gasteiger charge is 2.44. The topological polar surface area (TPSA) is 60.2 Å². The van der Waals surface area contributed by atoms with Gasteiger partial charge in [0.05, 0.1) is 11.4 Å². The van der Waals surface area contributed by atoms with Gasteiger partial charge in [0.1, 0.15) is 5.82 Å². The molecule has 0 fully saturated rings. The second-order valence-corrected chi connectivity index (χ2v) is 4.87. The summed E-state index contributed by atoms with van der Waals surface area (Å²) in [5, 5.41) is -4.04. The van der Waals surface area contributed by atoms with E-state index in [0.29, 0.717) is 0 Å². The van der Waals surface area contributed by atoms with Crippen molar-refractivity contribution < 1.29 is 21.6 Å². The molecule has 0 bridgehead atoms. The summed E-state index contributed by atoms with van der Waals surface area (Å²) < 4.78 is 60.8. The molecule has 1 aromatic carbocycles. The first-order valence-electron chi connectivity index (χ1n) is 3.89. The molecule has 0 spiro atoms. The van der Waals surface area contributed by atoms with Crippen LogP contribution in [0.2, 0.25) is 0 Å². The number of hydrogen-bond acceptors (Lipinski definition) is 3. The monoisotopic (exact) mass is 275 g/mol. The smallest absolute Gasteiger partial charge is 0.324 e. The minimum Gasteiger partial charge on any atom is -0.324 e. The van der Waals surface area contributed by atoms with Crippen LogP contribution >= 0.6 is 12.4 Å². The summed E-state index contributed by atoms with van der Waals surface area (Å²) in [6, 6.07) is 3.13. The van der Waals surface area contributed by atoms with Crippen molar-refractivity contribution in [3.8, 4) is 0 Å². The number of halogens is 4. The van der Waals surface area contributed by atoms with E-state index in [1.54, 1.807) is 0 Å². The summed E-state index contributed by atoms with van der Waals surface area (Å²) in [6.45, 7) is -1.31. The van der Waals surface area contributed by atoms with Crippen molar-refractivity contribution in [1.82, 2.24) is 0 Å². The van der Waals surface area contributed by atoms with Gasteiger partial charge in [0.15, 0.2) is 0 Å². The molecule has 1 aromatic rings. The lowest BCUT2D eigenvalue weighted by Gasteiger charge is -2.14. The lowest BCUT2D eigenvalue weighted by molar-refractivity contribution is 0.102. The molecular weight excluding hydrogens is 267 g/mol. The zero-order valence-electron chi connectivity index (χ0n) is 7.86. The number of nitrogens with two attached hydrogens (primary N) is 1. The van der Waals surface area contributed by atoms with E-state index in [1.807, 2.05) is 0 Å². The van der Waals surface area contributed by atoms with Crippen molar-refractivity contribution in [1.29, 1.82) is 0 Å². The van der Waals surface area contributed by atoms with Crippen molar-refractivity contribution in [2.75, 3.05) is 6.54 Å². The Bertz CT molecular complexity index is 447. The van der Waals surface area contributed by atoms with Crippen LogP contribution in [0, 0.1) is 5.82 Å². The average molecular weight is 276 g/mol. The standard InChI is InChI=1S/C8H8F3NO2S.ClH/c9-6-1-3-7(4-2-6)15(13,14)8(10,11)5-12;/h1-4H,5,12H2;1H. The van der Waals surface area contributed by atoms with E-state index in [0.717, 1.165) is 24.3 Å². The Morgan fingerprint density at radius 1 is 1.19 bits per heavy atom. The van der Waals surface area contributed by atoms with Gasteiger partial charge < -0.3 is 5.73 Å². The summed E-state index contributed by atoms with van der Waals surface area (Å²) in [6.07, 6.45) is 0. The van der Waals surface area contributed by atoms with Gasteiger partial charge in [0, 0.05) is 0 Å². The van der Waals surface area contributed by atoms with Gasteiger partial charge in [0.25, 0.3) is 0 Å². The van der Waals surface area contributed by atoms with Crippen LogP contribution in [0.3, 0.4) is 0 Å². The molecule has 2 N–H and O–H groups in total. The summed E-state index contributed by atoms with van der Waals surface area (Å²) in [5.74, 6) is -0.704. The molecule has 0 amide bonds. The molecular formula is C8H9ClF3NO2S. The third kappa shape index (κ3) is 2.66. The number of hydrogen-bond donors (Lipinski definition) is 1. The Hall–Kier alpha value is -0.790. The van der Waals surface area contributed by atoms with E-state index in [2.05, 4.69) is 5.73 Å². The molecule has 0 radical (unpaired) electrons. The van der Waals surface area contributed by atoms with Gasteiger partial charge in [-0.05, 0) is 24.3 Å². The van der Waals surface area contributed by atoms with E-state index in [1.165, 1.54) is 0 Å². The maximum atomic E-state index is 12.9. The number of rotatable bonds is 3. The van der Waals surface area contributed by atoms with Crippen LogP contribution in [0.25, 0.3) is 0 Å². The second-order valence-electron chi connectivity index (χ2n) is 2.80. The van der Waals surface area contributed by atoms with Gasteiger partial charge in [-0.1, -0.05) is 0 Å². The minimum absolute atomic E-state index is 0. The largest absolute Gasteiger partial charge is 0.361 e. The van der Waals surface area contributed by atoms with E-state index in [-0.39, 0.29) is 12.4 Å². The highest BCUT2D eigenvalue weighted by Crippen LogP contribution is 2.27. The van der Waals surface area contributed by atoms with Crippen molar-refractivity contribution in [2.45, 2.75) is 10.2 Å². The zero-order chi connectivity index (χ0) is 11.7. The molecule has 0 aromatic heterocycles. The normalized spacial score (nSPS) is 12.0. The van der Waals surface area contributed by atoms with Gasteiger partial charge in [0.2, 0.25) is 9.84 Å². The molecule has 92 valence electrons. The maximum Gasteiger partial charge on any atom is 0.361 e. The lowest BCUT2D eigenvalue weighted by atomic mass is 10.4. The van der Waals surface area contributed by atoms with Crippen LogP contribution in [-0.4, -0.2) is 20.2 Å². The van der Waals surface area contributed by atoms with Crippen molar-refractivity contribution >= 4 is 22.2 Å². The first-order valence-corrected chi connectivity index (χ1v) is 5.37. The van der Waals surface area contributed by atoms with Gasteiger partial charge in [-0.15, -0.1) is 12.4 Å². The zero-order valence-corrected chi connectivity index (χ0v) is 9.49. The molecule has 0 saturated carbocycles. The highest BCUT2D eigenvalue weighted by molar-refractivity contribution is 7.92. The van der Waals surface area contributed by atoms with E-state index in [4.69, 9.17) is 0 Å². The predicted molar refractivity (Wildman–Crippen MR) is 54.8 cm³/mol. The van der Waals surface area contributed by atoms with E-state index in [9.17, 15) is 21.6 Å². The number of benzene rings is 1. The average Bonchev–Trinajstić information content (AvgIpc) is 2.18. The van der Waals surface area contributed by atoms with Gasteiger partial charge >= 0.3 is 5.25 Å². The first-order chi connectivity index (χ1) is 6.81. The van der Waals surface area contributed by atoms with Crippen LogP contribution in [0.5, 0.6) is 0 Å². The Kier molecular flexibility index (Phi) is 4.78. The number of alkyl halides is 2. The third-order valence-electron chi connectivity index (χ3n) is 1.75. The molecule has 1 rings (SSSR count). The molecule has 0 saturated heterocycles. The molecule has 3 nitrogen and oxygen atoms in total. The van der Waals surface area contributed by atoms with Crippen LogP contribution < -0.4 is 5.73 Å². The molecule has 0 aliphatic rings. The van der Waals surface area contributed by atoms with Crippen molar-refractivity contribution in [3.63, 3.8) is 0 Å². The van der Waals surface area contributed by atoms with E-state index >= 15 is 0 Å². The molecule has 0 aliphatic carbocycles. The summed E-state index contributed by atoms with van der Waals surface area (Å²) in [4.78, 5) is -0.653. The van der Waals surface area contributed by atoms with Crippen molar-refractivity contribution in [2.24, 2.45) is 5.73 Å². The molecule has 8 heteroatoms. The SMILES string of the molecule is Cl.NCC(F)(F)S(=O)(=O)c1ccc(F)cc1. The van der Waals surface area contributed by atoms with Crippen LogP contribution in [0.1, 0.15) is 0 Å². The van der Waals surface area contributed by atoms with Gasteiger partial charge in [-0.2, -0.15) is 8.78 Å². The Labute approximate surface area is 96.8 Å². The van der Waals surface area contributed by atoms with Gasteiger partial charge in [-0.3, -0.25) is 0 Å². The molecule has 0 aliphatic heterocycles. The van der Waals surface area contributed by atoms with Crippen LogP contribution in [0.15, 0.2) is 29.2 Å². The Morgan fingerprint density at radius 2 is 1.62 bits per heavy atom. The quantitative estimate of drug-likeness (QED) is 0.852. The summed E-state index contributed by atoms with van der Waals surface area (Å²) in [7, 11) is -4.83. The van der Waals surface area contributed by atoms with Gasteiger partial charge in [-0.25, -0.2) is 12.8 Å². The Morgan fingerprint density at radius 3 is 2.00 bits per heavy atom. The lowest BCUT2D eigenvalue weighted by Crippen LogP contribution is -2.36. The number of sulfone groups is 1. The van der Waals surface area contributed by atoms with E-state index < -0.39 is 32.3 Å². The molecule has 0 heterocycles. The molecule has 0 atom stereocenters. The second kappa shape index (κ2) is 5.03. The predicted octanol–water partition coefficient (Wildman–Crippen LogP) is 1.57. The fourth-order valence-electron chi connectivity index (χ4n) is 0.896. The fraction of sp³-hybridized carbons (Fsp3) is 0.250.